The first-order valence-corrected chi connectivity index (χ1v) is 13.8. The molecule has 0 aliphatic carbocycles. The summed E-state index contributed by atoms with van der Waals surface area (Å²) in [6.07, 6.45) is -0.332. The SMILES string of the molecule is [N-]=[N+]=NCCC[C@@H]1NC(=O)[C@@H](Cc2ccccc2)NC(=O)[C@H](CC(=O)O)NC(=O)CNC(=O)[C@H](CCCN=C(N)N)NC1=O. The quantitative estimate of drug-likeness (QED) is 0.0319. The molecule has 1 fully saturated rings. The van der Waals surface area contributed by atoms with Crippen molar-refractivity contribution in [2.24, 2.45) is 21.6 Å². The van der Waals surface area contributed by atoms with E-state index in [-0.39, 0.29) is 51.2 Å². The van der Waals surface area contributed by atoms with E-state index in [0.717, 1.165) is 0 Å². The van der Waals surface area contributed by atoms with Crippen molar-refractivity contribution in [2.45, 2.75) is 62.7 Å². The first-order valence-electron chi connectivity index (χ1n) is 13.8. The molecule has 0 saturated carbocycles. The average Bonchev–Trinajstić information content (AvgIpc) is 2.97. The Labute approximate surface area is 252 Å². The number of carbonyl (C=O) groups is 6. The normalized spacial score (nSPS) is 21.5. The second kappa shape index (κ2) is 18.2. The van der Waals surface area contributed by atoms with Gasteiger partial charge < -0.3 is 43.2 Å². The van der Waals surface area contributed by atoms with Crippen LogP contribution in [-0.2, 0) is 35.2 Å². The van der Waals surface area contributed by atoms with E-state index in [1.54, 1.807) is 30.3 Å². The summed E-state index contributed by atoms with van der Waals surface area (Å²) in [5, 5.41) is 25.1. The molecule has 4 atom stereocenters. The Kier molecular flexibility index (Phi) is 14.4. The van der Waals surface area contributed by atoms with Gasteiger partial charge in [0.05, 0.1) is 13.0 Å². The number of guanidine groups is 1. The van der Waals surface area contributed by atoms with Crippen LogP contribution in [0.4, 0.5) is 0 Å². The van der Waals surface area contributed by atoms with Crippen LogP contribution in [0.2, 0.25) is 0 Å². The molecule has 1 aromatic rings. The molecule has 0 aromatic heterocycles. The van der Waals surface area contributed by atoms with Gasteiger partial charge in [0.25, 0.3) is 0 Å². The summed E-state index contributed by atoms with van der Waals surface area (Å²) in [5.41, 5.74) is 19.9. The number of hydrogen-bond donors (Lipinski definition) is 8. The van der Waals surface area contributed by atoms with Crippen molar-refractivity contribution in [3.05, 3.63) is 46.3 Å². The summed E-state index contributed by atoms with van der Waals surface area (Å²) >= 11 is 0. The lowest BCUT2D eigenvalue weighted by molar-refractivity contribution is -0.141. The van der Waals surface area contributed by atoms with Crippen LogP contribution >= 0.6 is 0 Å². The van der Waals surface area contributed by atoms with E-state index in [2.05, 4.69) is 41.6 Å². The summed E-state index contributed by atoms with van der Waals surface area (Å²) in [7, 11) is 0. The molecule has 1 aliphatic rings. The average molecular weight is 616 g/mol. The van der Waals surface area contributed by atoms with Crippen LogP contribution in [0.15, 0.2) is 40.4 Å². The van der Waals surface area contributed by atoms with Crippen LogP contribution < -0.4 is 38.1 Å². The molecule has 5 amide bonds. The van der Waals surface area contributed by atoms with E-state index >= 15 is 0 Å². The van der Waals surface area contributed by atoms with E-state index in [1.165, 1.54) is 0 Å². The Bertz CT molecular complexity index is 1260. The number of carbonyl (C=O) groups excluding carboxylic acids is 5. The van der Waals surface area contributed by atoms with Gasteiger partial charge in [-0.1, -0.05) is 35.4 Å². The van der Waals surface area contributed by atoms with Gasteiger partial charge in [0.15, 0.2) is 5.96 Å². The topological polar surface area (TPSA) is 296 Å². The number of nitrogens with zero attached hydrogens (tertiary/aromatic N) is 4. The fourth-order valence-corrected chi connectivity index (χ4v) is 4.25. The number of nitrogens with one attached hydrogen (secondary N) is 5. The highest BCUT2D eigenvalue weighted by atomic mass is 16.4. The summed E-state index contributed by atoms with van der Waals surface area (Å²) in [5.74, 6) is -5.67. The van der Waals surface area contributed by atoms with E-state index in [0.29, 0.717) is 5.56 Å². The number of carboxylic acid groups (broad SMARTS) is 1. The molecule has 238 valence electrons. The highest BCUT2D eigenvalue weighted by Gasteiger charge is 2.33. The standard InChI is InChI=1S/C26H37N11O7/c27-26(28)30-10-4-8-16-22(41)31-14-20(38)33-19(13-21(39)40)25(44)36-18(12-15-6-2-1-3-7-15)24(43)35-17(23(42)34-16)9-5-11-32-37-29/h1-3,6-7,16-19H,4-5,8-14H2,(H,31,41)(H,33,38)(H,34,42)(H,35,43)(H,36,44)(H,39,40)(H4,27,28,30)/t16-,17-,18+,19-/m0/s1. The summed E-state index contributed by atoms with van der Waals surface area (Å²) in [6.45, 7) is -0.475. The van der Waals surface area contributed by atoms with Crippen LogP contribution in [0.5, 0.6) is 0 Å². The lowest BCUT2D eigenvalue weighted by Crippen LogP contribution is -2.58. The Morgan fingerprint density at radius 3 is 2.02 bits per heavy atom. The number of nitrogens with two attached hydrogens (primary N) is 2. The molecular weight excluding hydrogens is 578 g/mol. The van der Waals surface area contributed by atoms with Crippen molar-refractivity contribution in [2.75, 3.05) is 19.6 Å². The maximum absolute atomic E-state index is 13.6. The molecule has 10 N–H and O–H groups in total. The second-order valence-electron chi connectivity index (χ2n) is 9.85. The van der Waals surface area contributed by atoms with Crippen molar-refractivity contribution < 1.29 is 33.9 Å². The van der Waals surface area contributed by atoms with Crippen LogP contribution in [0.3, 0.4) is 0 Å². The van der Waals surface area contributed by atoms with Gasteiger partial charge in [-0.3, -0.25) is 33.8 Å². The molecule has 0 unspecified atom stereocenters. The van der Waals surface area contributed by atoms with Gasteiger partial charge in [0.1, 0.15) is 24.2 Å². The van der Waals surface area contributed by atoms with E-state index in [9.17, 15) is 33.9 Å². The van der Waals surface area contributed by atoms with Crippen LogP contribution in [0, 0.1) is 0 Å². The van der Waals surface area contributed by atoms with Gasteiger partial charge in [0.2, 0.25) is 29.5 Å². The number of aliphatic imine (C=N–C) groups is 1. The minimum atomic E-state index is -1.58. The van der Waals surface area contributed by atoms with Gasteiger partial charge >= 0.3 is 5.97 Å². The van der Waals surface area contributed by atoms with Gasteiger partial charge in [0, 0.05) is 24.4 Å². The number of aliphatic carboxylic acids is 1. The van der Waals surface area contributed by atoms with Gasteiger partial charge in [-0.15, -0.1) is 0 Å². The fraction of sp³-hybridized carbons (Fsp3) is 0.500. The predicted octanol–water partition coefficient (Wildman–Crippen LogP) is -2.08. The van der Waals surface area contributed by atoms with Crippen molar-refractivity contribution in [3.8, 4) is 0 Å². The largest absolute Gasteiger partial charge is 0.481 e. The molecule has 1 saturated heterocycles. The number of hydrogen-bond acceptors (Lipinski definition) is 8. The molecule has 1 aromatic carbocycles. The van der Waals surface area contributed by atoms with Gasteiger partial charge in [-0.25, -0.2) is 0 Å². The van der Waals surface area contributed by atoms with Crippen molar-refractivity contribution >= 4 is 41.5 Å². The first kappa shape index (κ1) is 34.8. The third-order valence-corrected chi connectivity index (χ3v) is 6.39. The number of carboxylic acids is 1. The monoisotopic (exact) mass is 615 g/mol. The third kappa shape index (κ3) is 12.6. The number of amides is 5. The van der Waals surface area contributed by atoms with Gasteiger partial charge in [-0.2, -0.15) is 0 Å². The van der Waals surface area contributed by atoms with E-state index < -0.39 is 72.6 Å². The number of rotatable bonds is 12. The van der Waals surface area contributed by atoms with Crippen LogP contribution in [0.1, 0.15) is 37.7 Å². The van der Waals surface area contributed by atoms with E-state index in [1.807, 2.05) is 0 Å². The zero-order valence-corrected chi connectivity index (χ0v) is 23.9. The third-order valence-electron chi connectivity index (χ3n) is 6.39. The van der Waals surface area contributed by atoms with Crippen molar-refractivity contribution in [3.63, 3.8) is 0 Å². The minimum absolute atomic E-state index is 0.00656. The Balaban J connectivity index is 2.46. The summed E-state index contributed by atoms with van der Waals surface area (Å²) in [6, 6.07) is 3.34. The lowest BCUT2D eigenvalue weighted by atomic mass is 10.0. The molecule has 0 radical (unpaired) electrons. The first-order chi connectivity index (χ1) is 21.0. The van der Waals surface area contributed by atoms with E-state index in [4.69, 9.17) is 17.0 Å². The Hall–Kier alpha value is -5.38. The predicted molar refractivity (Wildman–Crippen MR) is 156 cm³/mol. The molecule has 1 aliphatic heterocycles. The molecule has 18 heteroatoms. The maximum atomic E-state index is 13.6. The fourth-order valence-electron chi connectivity index (χ4n) is 4.25. The zero-order chi connectivity index (χ0) is 32.5. The molecule has 0 bridgehead atoms. The van der Waals surface area contributed by atoms with Crippen molar-refractivity contribution in [1.82, 2.24) is 26.6 Å². The zero-order valence-electron chi connectivity index (χ0n) is 23.9. The Morgan fingerprint density at radius 2 is 1.41 bits per heavy atom. The maximum Gasteiger partial charge on any atom is 0.305 e. The highest BCUT2D eigenvalue weighted by molar-refractivity contribution is 5.98. The minimum Gasteiger partial charge on any atom is -0.481 e. The van der Waals surface area contributed by atoms with Crippen LogP contribution in [-0.4, -0.2) is 90.4 Å². The van der Waals surface area contributed by atoms with Gasteiger partial charge in [-0.05, 0) is 36.8 Å². The van der Waals surface area contributed by atoms with Crippen molar-refractivity contribution in [1.29, 1.82) is 0 Å². The second-order valence-corrected chi connectivity index (χ2v) is 9.85. The molecule has 1 heterocycles. The molecular formula is C26H37N11O7. The lowest BCUT2D eigenvalue weighted by Gasteiger charge is -2.26. The molecule has 18 nitrogen and oxygen atoms in total. The Morgan fingerprint density at radius 1 is 0.841 bits per heavy atom. The summed E-state index contributed by atoms with van der Waals surface area (Å²) in [4.78, 5) is 83.8. The smallest absolute Gasteiger partial charge is 0.305 e. The molecule has 0 spiro atoms. The number of azide groups is 1. The molecule has 2 rings (SSSR count). The molecule has 44 heavy (non-hydrogen) atoms. The summed E-state index contributed by atoms with van der Waals surface area (Å²) < 4.78 is 0. The number of benzene rings is 1. The highest BCUT2D eigenvalue weighted by Crippen LogP contribution is 2.08. The van der Waals surface area contributed by atoms with Crippen LogP contribution in [0.25, 0.3) is 10.4 Å².